The summed E-state index contributed by atoms with van der Waals surface area (Å²) in [6.07, 6.45) is 3.76. The van der Waals surface area contributed by atoms with Gasteiger partial charge in [-0.25, -0.2) is 14.5 Å². The van der Waals surface area contributed by atoms with Gasteiger partial charge in [0.1, 0.15) is 6.04 Å². The first kappa shape index (κ1) is 21.7. The van der Waals surface area contributed by atoms with Crippen molar-refractivity contribution in [1.82, 2.24) is 19.7 Å². The van der Waals surface area contributed by atoms with Gasteiger partial charge in [-0.15, -0.1) is 0 Å². The number of carbonyl (C=O) groups is 3. The van der Waals surface area contributed by atoms with Crippen LogP contribution in [0.5, 0.6) is 0 Å². The van der Waals surface area contributed by atoms with Gasteiger partial charge in [0.25, 0.3) is 5.91 Å². The topological polar surface area (TPSA) is 120 Å². The molecule has 2 aromatic rings. The number of aromatic nitrogens is 3. The Balaban J connectivity index is 1.82. The molecule has 30 heavy (non-hydrogen) atoms. The predicted octanol–water partition coefficient (Wildman–Crippen LogP) is 2.16. The van der Waals surface area contributed by atoms with Crippen LogP contribution >= 0.6 is 0 Å². The summed E-state index contributed by atoms with van der Waals surface area (Å²) in [6.45, 7) is 7.94. The number of pyridine rings is 1. The Kier molecular flexibility index (Phi) is 6.38. The third-order valence-electron chi connectivity index (χ3n) is 5.37. The molecule has 0 unspecified atom stereocenters. The van der Waals surface area contributed by atoms with Gasteiger partial charge in [0, 0.05) is 18.3 Å². The van der Waals surface area contributed by atoms with Crippen LogP contribution < -0.4 is 5.73 Å². The van der Waals surface area contributed by atoms with Crippen LogP contribution in [0.4, 0.5) is 0 Å². The molecule has 2 N–H and O–H groups in total. The lowest BCUT2D eigenvalue weighted by atomic mass is 10.0. The molecule has 9 nitrogen and oxygen atoms in total. The number of likely N-dealkylation sites (tertiary alicyclic amines) is 1. The van der Waals surface area contributed by atoms with E-state index in [1.807, 2.05) is 27.7 Å². The summed E-state index contributed by atoms with van der Waals surface area (Å²) in [5.74, 6) is -1.47. The van der Waals surface area contributed by atoms with Gasteiger partial charge in [-0.05, 0) is 45.1 Å². The zero-order valence-corrected chi connectivity index (χ0v) is 17.9. The molecule has 2 aromatic heterocycles. The Morgan fingerprint density at radius 2 is 1.97 bits per heavy atom. The molecule has 0 spiro atoms. The number of ether oxygens (including phenoxy) is 1. The second-order valence-electron chi connectivity index (χ2n) is 8.25. The number of primary amides is 1. The van der Waals surface area contributed by atoms with Gasteiger partial charge in [0.05, 0.1) is 17.1 Å². The fourth-order valence-electron chi connectivity index (χ4n) is 3.69. The Bertz CT molecular complexity index is 966. The van der Waals surface area contributed by atoms with Crippen LogP contribution in [0.2, 0.25) is 0 Å². The third-order valence-corrected chi connectivity index (χ3v) is 5.37. The van der Waals surface area contributed by atoms with Crippen molar-refractivity contribution in [2.24, 2.45) is 5.73 Å². The maximum Gasteiger partial charge on any atom is 0.339 e. The first-order valence-electron chi connectivity index (χ1n) is 10.3. The first-order chi connectivity index (χ1) is 14.2. The van der Waals surface area contributed by atoms with Crippen LogP contribution in [-0.4, -0.2) is 56.6 Å². The van der Waals surface area contributed by atoms with Gasteiger partial charge in [-0.3, -0.25) is 9.59 Å². The lowest BCUT2D eigenvalue weighted by Gasteiger charge is -2.33. The van der Waals surface area contributed by atoms with Crippen LogP contribution in [0.25, 0.3) is 11.0 Å². The monoisotopic (exact) mass is 415 g/mol. The molecule has 0 radical (unpaired) electrons. The fourth-order valence-corrected chi connectivity index (χ4v) is 3.69. The molecule has 1 saturated heterocycles. The molecule has 0 aromatic carbocycles. The normalized spacial score (nSPS) is 17.0. The zero-order valence-electron chi connectivity index (χ0n) is 17.9. The predicted molar refractivity (Wildman–Crippen MR) is 111 cm³/mol. The molecule has 9 heteroatoms. The number of fused-ring (bicyclic) bond motifs is 1. The molecule has 162 valence electrons. The largest absolute Gasteiger partial charge is 0.452 e. The van der Waals surface area contributed by atoms with Crippen molar-refractivity contribution in [1.29, 1.82) is 0 Å². The molecule has 1 aliphatic rings. The van der Waals surface area contributed by atoms with Gasteiger partial charge >= 0.3 is 5.97 Å². The van der Waals surface area contributed by atoms with E-state index in [2.05, 4.69) is 10.1 Å². The van der Waals surface area contributed by atoms with Crippen LogP contribution in [0.3, 0.4) is 0 Å². The van der Waals surface area contributed by atoms with Crippen LogP contribution in [0.1, 0.15) is 75.0 Å². The fraction of sp³-hybridized carbons (Fsp3) is 0.571. The van der Waals surface area contributed by atoms with Crippen LogP contribution in [0.15, 0.2) is 12.3 Å². The van der Waals surface area contributed by atoms with Crippen molar-refractivity contribution in [2.45, 2.75) is 65.0 Å². The number of carbonyl (C=O) groups excluding carboxylic acids is 3. The second kappa shape index (κ2) is 8.81. The molecule has 0 bridgehead atoms. The molecular weight excluding hydrogens is 386 g/mol. The molecule has 3 rings (SSSR count). The summed E-state index contributed by atoms with van der Waals surface area (Å²) in [5, 5.41) is 4.94. The molecule has 0 aliphatic carbocycles. The number of nitrogens with zero attached hydrogens (tertiary/aromatic N) is 4. The van der Waals surface area contributed by atoms with E-state index in [1.54, 1.807) is 16.9 Å². The van der Waals surface area contributed by atoms with E-state index in [0.717, 1.165) is 18.5 Å². The number of rotatable bonds is 6. The zero-order chi connectivity index (χ0) is 22.0. The van der Waals surface area contributed by atoms with Crippen molar-refractivity contribution in [2.75, 3.05) is 13.2 Å². The van der Waals surface area contributed by atoms with E-state index in [9.17, 15) is 14.4 Å². The summed E-state index contributed by atoms with van der Waals surface area (Å²) in [7, 11) is 0. The highest BCUT2D eigenvalue weighted by molar-refractivity contribution is 6.03. The van der Waals surface area contributed by atoms with Gasteiger partial charge in [0.15, 0.2) is 12.3 Å². The summed E-state index contributed by atoms with van der Waals surface area (Å²) in [5.41, 5.74) is 7.10. The molecule has 3 heterocycles. The highest BCUT2D eigenvalue weighted by Crippen LogP contribution is 2.25. The van der Waals surface area contributed by atoms with Gasteiger partial charge in [-0.1, -0.05) is 13.8 Å². The Labute approximate surface area is 175 Å². The van der Waals surface area contributed by atoms with Crippen molar-refractivity contribution in [3.8, 4) is 0 Å². The number of hydrogen-bond donors (Lipinski definition) is 1. The minimum Gasteiger partial charge on any atom is -0.452 e. The standard InChI is InChI=1S/C21H29N5O4/c1-12(2)16-9-14(15-10-23-26(13(3)4)20(15)24-16)21(29)30-11-18(27)25-8-6-5-7-17(25)19(22)28/h9-10,12-13,17H,5-8,11H2,1-4H3,(H2,22,28)/t17-/m0/s1. The van der Waals surface area contributed by atoms with E-state index in [4.69, 9.17) is 10.5 Å². The molecule has 1 aliphatic heterocycles. The number of amides is 2. The van der Waals surface area contributed by atoms with Gasteiger partial charge < -0.3 is 15.4 Å². The lowest BCUT2D eigenvalue weighted by molar-refractivity contribution is -0.143. The highest BCUT2D eigenvalue weighted by Gasteiger charge is 2.31. The van der Waals surface area contributed by atoms with Crippen molar-refractivity contribution in [3.63, 3.8) is 0 Å². The molecule has 1 atom stereocenters. The maximum absolute atomic E-state index is 12.9. The SMILES string of the molecule is CC(C)c1cc(C(=O)OCC(=O)N2CCCC[C@H]2C(N)=O)c2cnn(C(C)C)c2n1. The Morgan fingerprint density at radius 1 is 1.23 bits per heavy atom. The number of piperidine rings is 1. The Morgan fingerprint density at radius 3 is 2.60 bits per heavy atom. The first-order valence-corrected chi connectivity index (χ1v) is 10.3. The molecule has 0 saturated carbocycles. The van der Waals surface area contributed by atoms with Crippen molar-refractivity contribution >= 4 is 28.8 Å². The molecule has 2 amide bonds. The van der Waals surface area contributed by atoms with Gasteiger partial charge in [-0.2, -0.15) is 5.10 Å². The number of esters is 1. The van der Waals surface area contributed by atoms with E-state index in [-0.39, 0.29) is 12.0 Å². The van der Waals surface area contributed by atoms with Crippen LogP contribution in [0, 0.1) is 0 Å². The maximum atomic E-state index is 12.9. The van der Waals surface area contributed by atoms with Crippen molar-refractivity contribution in [3.05, 3.63) is 23.5 Å². The quantitative estimate of drug-likeness (QED) is 0.722. The smallest absolute Gasteiger partial charge is 0.339 e. The summed E-state index contributed by atoms with van der Waals surface area (Å²) < 4.78 is 7.09. The second-order valence-corrected chi connectivity index (χ2v) is 8.25. The molecule has 1 fully saturated rings. The average Bonchev–Trinajstić information content (AvgIpc) is 3.15. The Hall–Kier alpha value is -2.97. The van der Waals surface area contributed by atoms with Crippen molar-refractivity contribution < 1.29 is 19.1 Å². The van der Waals surface area contributed by atoms with E-state index in [1.165, 1.54) is 4.90 Å². The van der Waals surface area contributed by atoms with E-state index < -0.39 is 30.4 Å². The summed E-state index contributed by atoms with van der Waals surface area (Å²) in [6, 6.07) is 1.13. The highest BCUT2D eigenvalue weighted by atomic mass is 16.5. The number of nitrogens with two attached hydrogens (primary N) is 1. The summed E-state index contributed by atoms with van der Waals surface area (Å²) in [4.78, 5) is 43.2. The third kappa shape index (κ3) is 4.29. The summed E-state index contributed by atoms with van der Waals surface area (Å²) >= 11 is 0. The average molecular weight is 415 g/mol. The minimum absolute atomic E-state index is 0.0766. The number of hydrogen-bond acceptors (Lipinski definition) is 6. The molecular formula is C21H29N5O4. The minimum atomic E-state index is -0.644. The van der Waals surface area contributed by atoms with Gasteiger partial charge in [0.2, 0.25) is 5.91 Å². The van der Waals surface area contributed by atoms with Crippen LogP contribution in [-0.2, 0) is 14.3 Å². The lowest BCUT2D eigenvalue weighted by Crippen LogP contribution is -2.51. The van der Waals surface area contributed by atoms with E-state index in [0.29, 0.717) is 29.6 Å². The van der Waals surface area contributed by atoms with E-state index >= 15 is 0 Å².